The van der Waals surface area contributed by atoms with E-state index in [9.17, 15) is 14.0 Å². The molecule has 29 heavy (non-hydrogen) atoms. The molecule has 1 aromatic heterocycles. The number of rotatable bonds is 6. The summed E-state index contributed by atoms with van der Waals surface area (Å²) in [4.78, 5) is 30.3. The fourth-order valence-corrected chi connectivity index (χ4v) is 3.15. The summed E-state index contributed by atoms with van der Waals surface area (Å²) in [5.74, 6) is -0.133. The van der Waals surface area contributed by atoms with Crippen LogP contribution in [-0.4, -0.2) is 28.2 Å². The van der Waals surface area contributed by atoms with E-state index in [1.807, 2.05) is 18.2 Å². The van der Waals surface area contributed by atoms with Gasteiger partial charge in [0.25, 0.3) is 0 Å². The number of carbonyl (C=O) groups excluding carboxylic acids is 2. The normalized spacial score (nSPS) is 10.8. The number of halogens is 1. The van der Waals surface area contributed by atoms with Gasteiger partial charge in [0, 0.05) is 11.1 Å². The van der Waals surface area contributed by atoms with E-state index < -0.39 is 5.82 Å². The number of ether oxygens (including phenoxy) is 1. The van der Waals surface area contributed by atoms with Crippen LogP contribution in [0, 0.1) is 5.82 Å². The third-order valence-electron chi connectivity index (χ3n) is 4.68. The minimum atomic E-state index is -0.412. The van der Waals surface area contributed by atoms with Crippen LogP contribution < -0.4 is 4.74 Å². The number of ketones is 2. The highest BCUT2D eigenvalue weighted by Crippen LogP contribution is 2.21. The number of hydrogen-bond donors (Lipinski definition) is 0. The standard InChI is InChI=1S/C23H17FN2O3/c1-29-18-12-8-16(9-13-18)22(28)23-25-19-4-2-3-5-20(19)26(23)14-21(27)15-6-10-17(24)11-7-15/h2-13H,14H2,1H3. The summed E-state index contributed by atoms with van der Waals surface area (Å²) in [5, 5.41) is 0. The predicted octanol–water partition coefficient (Wildman–Crippen LogP) is 4.30. The Bertz CT molecular complexity index is 1200. The molecule has 0 fully saturated rings. The van der Waals surface area contributed by atoms with Gasteiger partial charge < -0.3 is 9.30 Å². The molecule has 0 aliphatic rings. The third kappa shape index (κ3) is 3.65. The number of Topliss-reactive ketones (excluding diaryl/α,β-unsaturated/α-hetero) is 1. The molecule has 6 heteroatoms. The maximum atomic E-state index is 13.2. The Balaban J connectivity index is 1.75. The molecule has 0 saturated carbocycles. The number of carbonyl (C=O) groups is 2. The molecular weight excluding hydrogens is 371 g/mol. The van der Waals surface area contributed by atoms with Crippen molar-refractivity contribution in [2.45, 2.75) is 6.54 Å². The van der Waals surface area contributed by atoms with Crippen molar-refractivity contribution in [1.82, 2.24) is 9.55 Å². The maximum Gasteiger partial charge on any atom is 0.228 e. The van der Waals surface area contributed by atoms with Crippen LogP contribution >= 0.6 is 0 Å². The summed E-state index contributed by atoms with van der Waals surface area (Å²) in [7, 11) is 1.55. The van der Waals surface area contributed by atoms with Crippen LogP contribution in [0.2, 0.25) is 0 Å². The number of nitrogens with zero attached hydrogens (tertiary/aromatic N) is 2. The van der Waals surface area contributed by atoms with Crippen LogP contribution in [0.25, 0.3) is 11.0 Å². The van der Waals surface area contributed by atoms with Crippen LogP contribution in [0.15, 0.2) is 72.8 Å². The molecule has 0 atom stereocenters. The van der Waals surface area contributed by atoms with Gasteiger partial charge in [0.15, 0.2) is 11.6 Å². The van der Waals surface area contributed by atoms with Gasteiger partial charge in [-0.3, -0.25) is 9.59 Å². The number of methoxy groups -OCH3 is 1. The zero-order chi connectivity index (χ0) is 20.4. The Labute approximate surface area is 166 Å². The topological polar surface area (TPSA) is 61.2 Å². The molecule has 0 aliphatic heterocycles. The molecule has 0 bridgehead atoms. The van der Waals surface area contributed by atoms with Gasteiger partial charge in [-0.1, -0.05) is 12.1 Å². The summed E-state index contributed by atoms with van der Waals surface area (Å²) in [6.07, 6.45) is 0. The fraction of sp³-hybridized carbons (Fsp3) is 0.0870. The lowest BCUT2D eigenvalue weighted by molar-refractivity contribution is 0.0968. The van der Waals surface area contributed by atoms with Crippen LogP contribution in [0.4, 0.5) is 4.39 Å². The van der Waals surface area contributed by atoms with Gasteiger partial charge in [-0.05, 0) is 60.7 Å². The largest absolute Gasteiger partial charge is 0.497 e. The van der Waals surface area contributed by atoms with Crippen LogP contribution in [0.5, 0.6) is 5.75 Å². The van der Waals surface area contributed by atoms with E-state index in [1.165, 1.54) is 24.3 Å². The molecule has 3 aromatic carbocycles. The number of hydrogen-bond acceptors (Lipinski definition) is 4. The molecule has 1 heterocycles. The molecule has 144 valence electrons. The average Bonchev–Trinajstić information content (AvgIpc) is 3.12. The summed E-state index contributed by atoms with van der Waals surface area (Å²) < 4.78 is 19.9. The highest BCUT2D eigenvalue weighted by atomic mass is 19.1. The van der Waals surface area contributed by atoms with E-state index in [0.29, 0.717) is 27.9 Å². The molecule has 0 unspecified atom stereocenters. The van der Waals surface area contributed by atoms with E-state index in [4.69, 9.17) is 4.74 Å². The molecule has 5 nitrogen and oxygen atoms in total. The quantitative estimate of drug-likeness (QED) is 0.462. The van der Waals surface area contributed by atoms with Gasteiger partial charge in [0.05, 0.1) is 24.7 Å². The Kier molecular flexibility index (Phi) is 4.91. The first-order valence-electron chi connectivity index (χ1n) is 8.99. The first-order valence-corrected chi connectivity index (χ1v) is 8.99. The van der Waals surface area contributed by atoms with Gasteiger partial charge in [-0.15, -0.1) is 0 Å². The van der Waals surface area contributed by atoms with Crippen molar-refractivity contribution in [1.29, 1.82) is 0 Å². The second-order valence-electron chi connectivity index (χ2n) is 6.50. The second-order valence-corrected chi connectivity index (χ2v) is 6.50. The Hall–Kier alpha value is -3.80. The zero-order valence-electron chi connectivity index (χ0n) is 15.6. The number of para-hydroxylation sites is 2. The van der Waals surface area contributed by atoms with E-state index in [0.717, 1.165) is 0 Å². The Morgan fingerprint density at radius 3 is 2.28 bits per heavy atom. The van der Waals surface area contributed by atoms with Gasteiger partial charge >= 0.3 is 0 Å². The smallest absolute Gasteiger partial charge is 0.228 e. The van der Waals surface area contributed by atoms with E-state index in [-0.39, 0.29) is 23.9 Å². The van der Waals surface area contributed by atoms with Crippen molar-refractivity contribution in [2.75, 3.05) is 7.11 Å². The van der Waals surface area contributed by atoms with E-state index in [1.54, 1.807) is 42.0 Å². The highest BCUT2D eigenvalue weighted by molar-refractivity contribution is 6.09. The van der Waals surface area contributed by atoms with E-state index in [2.05, 4.69) is 4.98 Å². The minimum Gasteiger partial charge on any atom is -0.497 e. The van der Waals surface area contributed by atoms with Crippen LogP contribution in [0.3, 0.4) is 0 Å². The van der Waals surface area contributed by atoms with Gasteiger partial charge in [-0.2, -0.15) is 0 Å². The van der Waals surface area contributed by atoms with Gasteiger partial charge in [0.2, 0.25) is 5.78 Å². The SMILES string of the molecule is COc1ccc(C(=O)c2nc3ccccc3n2CC(=O)c2ccc(F)cc2)cc1. The fourth-order valence-electron chi connectivity index (χ4n) is 3.15. The molecule has 0 amide bonds. The predicted molar refractivity (Wildman–Crippen MR) is 107 cm³/mol. The minimum absolute atomic E-state index is 0.0800. The second kappa shape index (κ2) is 7.67. The lowest BCUT2D eigenvalue weighted by atomic mass is 10.1. The zero-order valence-corrected chi connectivity index (χ0v) is 15.6. The first-order chi connectivity index (χ1) is 14.1. The molecular formula is C23H17FN2O3. The summed E-state index contributed by atoms with van der Waals surface area (Å²) in [6, 6.07) is 19.3. The van der Waals surface area contributed by atoms with Crippen molar-refractivity contribution in [3.63, 3.8) is 0 Å². The maximum absolute atomic E-state index is 13.2. The van der Waals surface area contributed by atoms with Crippen molar-refractivity contribution >= 4 is 22.6 Å². The number of benzene rings is 3. The average molecular weight is 388 g/mol. The lowest BCUT2D eigenvalue weighted by Gasteiger charge is -2.09. The number of aromatic nitrogens is 2. The van der Waals surface area contributed by atoms with Gasteiger partial charge in [-0.25, -0.2) is 9.37 Å². The number of imidazole rings is 1. The third-order valence-corrected chi connectivity index (χ3v) is 4.68. The molecule has 0 spiro atoms. The van der Waals surface area contributed by atoms with Crippen molar-refractivity contribution in [3.8, 4) is 5.75 Å². The molecule has 4 rings (SSSR count). The molecule has 4 aromatic rings. The van der Waals surface area contributed by atoms with Gasteiger partial charge in [0.1, 0.15) is 11.6 Å². The molecule has 0 saturated heterocycles. The van der Waals surface area contributed by atoms with Crippen LogP contribution in [0.1, 0.15) is 26.5 Å². The summed E-state index contributed by atoms with van der Waals surface area (Å²) in [6.45, 7) is -0.0800. The Morgan fingerprint density at radius 1 is 0.931 bits per heavy atom. The lowest BCUT2D eigenvalue weighted by Crippen LogP contribution is -2.17. The first kappa shape index (κ1) is 18.6. The number of fused-ring (bicyclic) bond motifs is 1. The summed E-state index contributed by atoms with van der Waals surface area (Å²) in [5.41, 5.74) is 2.11. The van der Waals surface area contributed by atoms with Crippen molar-refractivity contribution < 1.29 is 18.7 Å². The highest BCUT2D eigenvalue weighted by Gasteiger charge is 2.21. The van der Waals surface area contributed by atoms with Crippen LogP contribution in [-0.2, 0) is 6.54 Å². The molecule has 0 N–H and O–H groups in total. The van der Waals surface area contributed by atoms with Crippen molar-refractivity contribution in [2.24, 2.45) is 0 Å². The molecule has 0 radical (unpaired) electrons. The molecule has 0 aliphatic carbocycles. The summed E-state index contributed by atoms with van der Waals surface area (Å²) >= 11 is 0. The Morgan fingerprint density at radius 2 is 1.59 bits per heavy atom. The monoisotopic (exact) mass is 388 g/mol. The van der Waals surface area contributed by atoms with Crippen molar-refractivity contribution in [3.05, 3.63) is 95.6 Å². The van der Waals surface area contributed by atoms with E-state index >= 15 is 0 Å².